The molecule has 3 rings (SSSR count). The second kappa shape index (κ2) is 11.0. The second-order valence-electron chi connectivity index (χ2n) is 9.77. The number of carbonyl (C=O) groups is 2. The Morgan fingerprint density at radius 3 is 2.35 bits per heavy atom. The Hall–Kier alpha value is -2.08. The van der Waals surface area contributed by atoms with E-state index in [1.165, 1.54) is 0 Å². The Labute approximate surface area is 187 Å². The molecule has 2 heterocycles. The third-order valence-corrected chi connectivity index (χ3v) is 6.19. The number of para-hydroxylation sites is 1. The first-order valence-corrected chi connectivity index (χ1v) is 11.9. The summed E-state index contributed by atoms with van der Waals surface area (Å²) in [6.45, 7) is 11.2. The van der Waals surface area contributed by atoms with Crippen LogP contribution in [0.3, 0.4) is 0 Å². The van der Waals surface area contributed by atoms with E-state index in [0.717, 1.165) is 31.6 Å². The minimum Gasteiger partial charge on any atom is -0.490 e. The molecule has 6 nitrogen and oxygen atoms in total. The lowest BCUT2D eigenvalue weighted by atomic mass is 9.95. The average molecular weight is 430 g/mol. The van der Waals surface area contributed by atoms with Crippen molar-refractivity contribution < 1.29 is 14.3 Å². The van der Waals surface area contributed by atoms with Crippen molar-refractivity contribution in [2.45, 2.75) is 71.6 Å². The summed E-state index contributed by atoms with van der Waals surface area (Å²) in [5, 5.41) is 3.35. The molecule has 0 spiro atoms. The summed E-state index contributed by atoms with van der Waals surface area (Å²) in [5.41, 5.74) is 0. The third kappa shape index (κ3) is 6.45. The maximum absolute atomic E-state index is 13.5. The van der Waals surface area contributed by atoms with E-state index in [-0.39, 0.29) is 30.0 Å². The van der Waals surface area contributed by atoms with E-state index in [0.29, 0.717) is 37.9 Å². The van der Waals surface area contributed by atoms with Crippen LogP contribution in [0.4, 0.5) is 0 Å². The van der Waals surface area contributed by atoms with Gasteiger partial charge in [-0.05, 0) is 36.8 Å². The fourth-order valence-corrected chi connectivity index (χ4v) is 4.63. The number of rotatable bonds is 8. The lowest BCUT2D eigenvalue weighted by Gasteiger charge is -2.42. The molecule has 6 heteroatoms. The van der Waals surface area contributed by atoms with Crippen molar-refractivity contribution >= 4 is 11.8 Å². The lowest BCUT2D eigenvalue weighted by Crippen LogP contribution is -2.62. The Balaban J connectivity index is 1.63. The van der Waals surface area contributed by atoms with E-state index < -0.39 is 0 Å². The lowest BCUT2D eigenvalue weighted by molar-refractivity contribution is -0.150. The number of nitrogens with zero attached hydrogens (tertiary/aromatic N) is 2. The number of piperidine rings is 1. The maximum atomic E-state index is 13.5. The van der Waals surface area contributed by atoms with Crippen LogP contribution in [0.5, 0.6) is 5.75 Å². The molecule has 172 valence electrons. The van der Waals surface area contributed by atoms with Gasteiger partial charge in [0, 0.05) is 39.0 Å². The molecule has 1 N–H and O–H groups in total. The molecular weight excluding hydrogens is 390 g/mol. The van der Waals surface area contributed by atoms with Gasteiger partial charge in [0.2, 0.25) is 11.8 Å². The van der Waals surface area contributed by atoms with Crippen molar-refractivity contribution in [2.24, 2.45) is 11.8 Å². The Bertz CT molecular complexity index is 714. The summed E-state index contributed by atoms with van der Waals surface area (Å²) in [4.78, 5) is 30.6. The first kappa shape index (κ1) is 23.6. The van der Waals surface area contributed by atoms with Gasteiger partial charge in [-0.3, -0.25) is 9.59 Å². The van der Waals surface area contributed by atoms with Crippen molar-refractivity contribution in [1.82, 2.24) is 15.1 Å². The van der Waals surface area contributed by atoms with E-state index in [1.807, 2.05) is 40.1 Å². The van der Waals surface area contributed by atoms with Crippen LogP contribution >= 0.6 is 0 Å². The predicted octanol–water partition coefficient (Wildman–Crippen LogP) is 3.32. The topological polar surface area (TPSA) is 61.9 Å². The molecule has 1 aromatic carbocycles. The van der Waals surface area contributed by atoms with Crippen molar-refractivity contribution in [1.29, 1.82) is 0 Å². The maximum Gasteiger partial charge on any atom is 0.245 e. The Kier molecular flexibility index (Phi) is 8.35. The molecule has 2 aliphatic heterocycles. The largest absolute Gasteiger partial charge is 0.490 e. The first-order chi connectivity index (χ1) is 14.8. The van der Waals surface area contributed by atoms with Crippen LogP contribution in [0.2, 0.25) is 0 Å². The molecule has 1 unspecified atom stereocenters. The van der Waals surface area contributed by atoms with Crippen molar-refractivity contribution in [3.8, 4) is 5.75 Å². The third-order valence-electron chi connectivity index (χ3n) is 6.19. The number of hydrogen-bond acceptors (Lipinski definition) is 4. The molecular formula is C25H39N3O3. The van der Waals surface area contributed by atoms with Crippen LogP contribution in [-0.4, -0.2) is 66.0 Å². The quantitative estimate of drug-likeness (QED) is 0.689. The Morgan fingerprint density at radius 1 is 1.06 bits per heavy atom. The summed E-state index contributed by atoms with van der Waals surface area (Å²) >= 11 is 0. The van der Waals surface area contributed by atoms with E-state index in [1.54, 1.807) is 0 Å². The second-order valence-corrected chi connectivity index (χ2v) is 9.77. The minimum atomic E-state index is -0.365. The van der Waals surface area contributed by atoms with E-state index >= 15 is 0 Å². The van der Waals surface area contributed by atoms with Gasteiger partial charge >= 0.3 is 0 Å². The molecule has 0 radical (unpaired) electrons. The fourth-order valence-electron chi connectivity index (χ4n) is 4.63. The molecule has 1 aromatic rings. The van der Waals surface area contributed by atoms with Gasteiger partial charge in [0.15, 0.2) is 0 Å². The number of hydrogen-bond donors (Lipinski definition) is 1. The molecule has 0 aromatic heterocycles. The number of benzene rings is 1. The summed E-state index contributed by atoms with van der Waals surface area (Å²) in [6, 6.07) is 9.33. The molecule has 2 atom stereocenters. The molecule has 2 saturated heterocycles. The highest BCUT2D eigenvalue weighted by atomic mass is 16.5. The number of nitrogens with one attached hydrogen (secondary N) is 1. The van der Waals surface area contributed by atoms with Gasteiger partial charge in [-0.2, -0.15) is 0 Å². The zero-order valence-electron chi connectivity index (χ0n) is 19.5. The number of likely N-dealkylation sites (tertiary alicyclic amines) is 1. The van der Waals surface area contributed by atoms with E-state index in [9.17, 15) is 9.59 Å². The van der Waals surface area contributed by atoms with Gasteiger partial charge in [0.1, 0.15) is 17.9 Å². The standard InChI is InChI=1S/C25H39N3O3/c1-18(2)16-22-24(29)28(15-12-26-22)23(17-19(3)4)25(30)27-13-10-21(11-14-27)31-20-8-6-5-7-9-20/h5-9,18-19,21-23,26H,10-17H2,1-4H3/t22-,23?/m0/s1. The van der Waals surface area contributed by atoms with Gasteiger partial charge < -0.3 is 19.9 Å². The summed E-state index contributed by atoms with van der Waals surface area (Å²) in [7, 11) is 0. The smallest absolute Gasteiger partial charge is 0.245 e. The molecule has 0 aliphatic carbocycles. The normalized spacial score (nSPS) is 21.6. The average Bonchev–Trinajstić information content (AvgIpc) is 2.74. The zero-order chi connectivity index (χ0) is 22.4. The number of amides is 2. The minimum absolute atomic E-state index is 0.0845. The molecule has 2 aliphatic rings. The summed E-state index contributed by atoms with van der Waals surface area (Å²) in [6.07, 6.45) is 3.28. The van der Waals surface area contributed by atoms with Crippen LogP contribution in [0, 0.1) is 11.8 Å². The van der Waals surface area contributed by atoms with Crippen molar-refractivity contribution in [3.05, 3.63) is 30.3 Å². The summed E-state index contributed by atoms with van der Waals surface area (Å²) < 4.78 is 6.08. The number of ether oxygens (including phenoxy) is 1. The number of carbonyl (C=O) groups excluding carboxylic acids is 2. The number of piperazine rings is 1. The van der Waals surface area contributed by atoms with Crippen LogP contribution in [-0.2, 0) is 9.59 Å². The van der Waals surface area contributed by atoms with Crippen LogP contribution < -0.4 is 10.1 Å². The van der Waals surface area contributed by atoms with Crippen LogP contribution in [0.15, 0.2) is 30.3 Å². The van der Waals surface area contributed by atoms with E-state index in [2.05, 4.69) is 33.0 Å². The van der Waals surface area contributed by atoms with Gasteiger partial charge in [-0.15, -0.1) is 0 Å². The molecule has 2 fully saturated rings. The van der Waals surface area contributed by atoms with Crippen molar-refractivity contribution in [3.63, 3.8) is 0 Å². The Morgan fingerprint density at radius 2 is 1.74 bits per heavy atom. The van der Waals surface area contributed by atoms with Gasteiger partial charge in [0.25, 0.3) is 0 Å². The highest BCUT2D eigenvalue weighted by molar-refractivity contribution is 5.90. The predicted molar refractivity (Wildman–Crippen MR) is 123 cm³/mol. The van der Waals surface area contributed by atoms with Gasteiger partial charge in [-0.25, -0.2) is 0 Å². The zero-order valence-corrected chi connectivity index (χ0v) is 19.5. The molecule has 2 amide bonds. The first-order valence-electron chi connectivity index (χ1n) is 11.9. The van der Waals surface area contributed by atoms with Crippen molar-refractivity contribution in [2.75, 3.05) is 26.2 Å². The monoisotopic (exact) mass is 429 g/mol. The van der Waals surface area contributed by atoms with Gasteiger partial charge in [0.05, 0.1) is 6.04 Å². The van der Waals surface area contributed by atoms with Crippen LogP contribution in [0.1, 0.15) is 53.4 Å². The van der Waals surface area contributed by atoms with Gasteiger partial charge in [-0.1, -0.05) is 45.9 Å². The molecule has 0 saturated carbocycles. The highest BCUT2D eigenvalue weighted by Crippen LogP contribution is 2.23. The fraction of sp³-hybridized carbons (Fsp3) is 0.680. The van der Waals surface area contributed by atoms with E-state index in [4.69, 9.17) is 4.74 Å². The highest BCUT2D eigenvalue weighted by Gasteiger charge is 2.39. The SMILES string of the molecule is CC(C)CC(C(=O)N1CCC(Oc2ccccc2)CC1)N1CCN[C@@H](CC(C)C)C1=O. The summed E-state index contributed by atoms with van der Waals surface area (Å²) in [5.74, 6) is 1.85. The van der Waals surface area contributed by atoms with Crippen LogP contribution in [0.25, 0.3) is 0 Å². The molecule has 31 heavy (non-hydrogen) atoms. The molecule has 0 bridgehead atoms.